The molecule has 0 saturated carbocycles. The zero-order chi connectivity index (χ0) is 15.1. The summed E-state index contributed by atoms with van der Waals surface area (Å²) in [6.45, 7) is 2.75. The molecule has 1 rings (SSSR count). The van der Waals surface area contributed by atoms with Crippen molar-refractivity contribution in [2.75, 3.05) is 37.7 Å². The average Bonchev–Trinajstić information content (AvgIpc) is 2.41. The molecule has 110 valence electrons. The van der Waals surface area contributed by atoms with Gasteiger partial charge < -0.3 is 16.4 Å². The van der Waals surface area contributed by atoms with Gasteiger partial charge in [0.1, 0.15) is 0 Å². The van der Waals surface area contributed by atoms with Gasteiger partial charge in [0, 0.05) is 12.7 Å². The van der Waals surface area contributed by atoms with Crippen molar-refractivity contribution < 1.29 is 9.59 Å². The Bertz CT molecular complexity index is 493. The van der Waals surface area contributed by atoms with E-state index in [-0.39, 0.29) is 24.9 Å². The Labute approximate surface area is 123 Å². The number of nitrogens with two attached hydrogens (primary N) is 1. The van der Waals surface area contributed by atoms with E-state index in [4.69, 9.17) is 17.3 Å². The van der Waals surface area contributed by atoms with Crippen LogP contribution in [0.1, 0.15) is 6.92 Å². The van der Waals surface area contributed by atoms with Gasteiger partial charge in [0.15, 0.2) is 0 Å². The molecule has 20 heavy (non-hydrogen) atoms. The lowest BCUT2D eigenvalue weighted by Crippen LogP contribution is -2.40. The highest BCUT2D eigenvalue weighted by molar-refractivity contribution is 6.33. The molecule has 1 aromatic carbocycles. The minimum absolute atomic E-state index is 0.106. The first-order valence-electron chi connectivity index (χ1n) is 6.24. The number of carbonyl (C=O) groups excluding carboxylic acids is 2. The first-order chi connectivity index (χ1) is 9.46. The van der Waals surface area contributed by atoms with Crippen LogP contribution in [0, 0.1) is 0 Å². The highest BCUT2D eigenvalue weighted by Crippen LogP contribution is 2.23. The normalized spacial score (nSPS) is 10.4. The number of nitrogens with zero attached hydrogens (tertiary/aromatic N) is 1. The zero-order valence-electron chi connectivity index (χ0n) is 11.6. The van der Waals surface area contributed by atoms with Crippen molar-refractivity contribution in [2.24, 2.45) is 0 Å². The highest BCUT2D eigenvalue weighted by Gasteiger charge is 2.13. The summed E-state index contributed by atoms with van der Waals surface area (Å²) in [6, 6.07) is 4.87. The van der Waals surface area contributed by atoms with Crippen LogP contribution in [0.25, 0.3) is 0 Å². The van der Waals surface area contributed by atoms with Gasteiger partial charge in [0.2, 0.25) is 11.8 Å². The molecule has 0 unspecified atom stereocenters. The van der Waals surface area contributed by atoms with Crippen LogP contribution >= 0.6 is 11.6 Å². The molecule has 0 heterocycles. The van der Waals surface area contributed by atoms with E-state index in [0.717, 1.165) is 0 Å². The van der Waals surface area contributed by atoms with Gasteiger partial charge in [-0.2, -0.15) is 0 Å². The number of nitrogens with one attached hydrogen (secondary N) is 2. The Balaban J connectivity index is 2.61. The number of nitrogen functional groups attached to an aromatic ring is 1. The number of likely N-dealkylation sites (N-methyl/N-ethyl adjacent to an activating group) is 2. The van der Waals surface area contributed by atoms with Crippen LogP contribution in [0.5, 0.6) is 0 Å². The van der Waals surface area contributed by atoms with Crippen molar-refractivity contribution in [1.29, 1.82) is 0 Å². The van der Waals surface area contributed by atoms with Gasteiger partial charge in [-0.1, -0.05) is 18.5 Å². The number of benzene rings is 1. The first-order valence-corrected chi connectivity index (χ1v) is 6.61. The van der Waals surface area contributed by atoms with Gasteiger partial charge in [0.05, 0.1) is 23.8 Å². The fourth-order valence-electron chi connectivity index (χ4n) is 1.59. The quantitative estimate of drug-likeness (QED) is 0.682. The Morgan fingerprint density at radius 1 is 1.30 bits per heavy atom. The van der Waals surface area contributed by atoms with Gasteiger partial charge in [0.25, 0.3) is 0 Å². The lowest BCUT2D eigenvalue weighted by atomic mass is 10.3. The number of rotatable bonds is 6. The molecule has 2 amide bonds. The Morgan fingerprint density at radius 2 is 1.95 bits per heavy atom. The topological polar surface area (TPSA) is 87.5 Å². The molecule has 0 spiro atoms. The van der Waals surface area contributed by atoms with Gasteiger partial charge in [-0.05, 0) is 24.7 Å². The van der Waals surface area contributed by atoms with E-state index in [9.17, 15) is 9.59 Å². The Hall–Kier alpha value is -1.79. The van der Waals surface area contributed by atoms with Crippen molar-refractivity contribution in [3.63, 3.8) is 0 Å². The molecule has 0 fully saturated rings. The third-order valence-electron chi connectivity index (χ3n) is 2.72. The molecular formula is C13H19ClN4O2. The van der Waals surface area contributed by atoms with Gasteiger partial charge in [-0.3, -0.25) is 14.5 Å². The summed E-state index contributed by atoms with van der Waals surface area (Å²) < 4.78 is 0. The maximum absolute atomic E-state index is 11.9. The molecule has 1 aromatic rings. The van der Waals surface area contributed by atoms with E-state index in [2.05, 4.69) is 10.6 Å². The summed E-state index contributed by atoms with van der Waals surface area (Å²) >= 11 is 5.97. The predicted molar refractivity (Wildman–Crippen MR) is 80.7 cm³/mol. The second-order valence-corrected chi connectivity index (χ2v) is 4.67. The third-order valence-corrected chi connectivity index (χ3v) is 3.05. The minimum atomic E-state index is -0.247. The molecule has 7 heteroatoms. The van der Waals surface area contributed by atoms with E-state index in [1.54, 1.807) is 30.1 Å². The van der Waals surface area contributed by atoms with Crippen LogP contribution in [0.2, 0.25) is 5.02 Å². The second kappa shape index (κ2) is 7.72. The van der Waals surface area contributed by atoms with E-state index in [1.165, 1.54) is 0 Å². The summed E-state index contributed by atoms with van der Waals surface area (Å²) in [6.07, 6.45) is 0. The molecule has 0 aliphatic heterocycles. The molecule has 6 nitrogen and oxygen atoms in total. The summed E-state index contributed by atoms with van der Waals surface area (Å²) in [5, 5.41) is 5.62. The number of carbonyl (C=O) groups is 2. The molecule has 0 radical (unpaired) electrons. The summed E-state index contributed by atoms with van der Waals surface area (Å²) in [4.78, 5) is 24.9. The van der Waals surface area contributed by atoms with Crippen LogP contribution in [-0.4, -0.2) is 43.4 Å². The van der Waals surface area contributed by atoms with E-state index < -0.39 is 0 Å². The second-order valence-electron chi connectivity index (χ2n) is 4.26. The van der Waals surface area contributed by atoms with Crippen LogP contribution in [0.4, 0.5) is 11.4 Å². The van der Waals surface area contributed by atoms with Crippen molar-refractivity contribution in [1.82, 2.24) is 10.2 Å². The lowest BCUT2D eigenvalue weighted by Gasteiger charge is -2.19. The van der Waals surface area contributed by atoms with E-state index in [1.807, 2.05) is 6.92 Å². The molecule has 4 N–H and O–H groups in total. The molecule has 0 saturated heterocycles. The third kappa shape index (κ3) is 5.07. The smallest absolute Gasteiger partial charge is 0.238 e. The van der Waals surface area contributed by atoms with E-state index >= 15 is 0 Å². The molecular weight excluding hydrogens is 280 g/mol. The summed E-state index contributed by atoms with van der Waals surface area (Å²) in [5.74, 6) is -0.384. The number of anilines is 2. The van der Waals surface area contributed by atoms with Gasteiger partial charge in [-0.25, -0.2) is 0 Å². The number of halogens is 1. The van der Waals surface area contributed by atoms with Crippen LogP contribution in [0.3, 0.4) is 0 Å². The Kier molecular flexibility index (Phi) is 6.27. The van der Waals surface area contributed by atoms with E-state index in [0.29, 0.717) is 22.9 Å². The maximum atomic E-state index is 11.9. The Morgan fingerprint density at radius 3 is 2.55 bits per heavy atom. The molecule has 0 bridgehead atoms. The van der Waals surface area contributed by atoms with Gasteiger partial charge >= 0.3 is 0 Å². The average molecular weight is 299 g/mol. The number of hydrogen-bond acceptors (Lipinski definition) is 4. The summed E-state index contributed by atoms with van der Waals surface area (Å²) in [7, 11) is 1.56. The fraction of sp³-hybridized carbons (Fsp3) is 0.385. The van der Waals surface area contributed by atoms with Crippen molar-refractivity contribution in [3.8, 4) is 0 Å². The number of hydrogen-bond donors (Lipinski definition) is 3. The lowest BCUT2D eigenvalue weighted by molar-refractivity contribution is -0.123. The van der Waals surface area contributed by atoms with Crippen molar-refractivity contribution in [2.45, 2.75) is 6.92 Å². The summed E-state index contributed by atoms with van der Waals surface area (Å²) in [5.41, 5.74) is 6.62. The van der Waals surface area contributed by atoms with Crippen molar-refractivity contribution in [3.05, 3.63) is 23.2 Å². The molecule has 0 aliphatic carbocycles. The zero-order valence-corrected chi connectivity index (χ0v) is 12.3. The molecule has 0 atom stereocenters. The number of amides is 2. The molecule has 0 aliphatic rings. The SMILES string of the molecule is CCN(CC(=O)NC)CC(=O)Nc1cc(N)ccc1Cl. The van der Waals surface area contributed by atoms with Crippen LogP contribution in [0.15, 0.2) is 18.2 Å². The van der Waals surface area contributed by atoms with Crippen LogP contribution in [-0.2, 0) is 9.59 Å². The predicted octanol–water partition coefficient (Wildman–Crippen LogP) is 0.929. The monoisotopic (exact) mass is 298 g/mol. The fourth-order valence-corrected chi connectivity index (χ4v) is 1.76. The highest BCUT2D eigenvalue weighted by atomic mass is 35.5. The largest absolute Gasteiger partial charge is 0.399 e. The molecule has 0 aromatic heterocycles. The van der Waals surface area contributed by atoms with Crippen molar-refractivity contribution >= 4 is 34.8 Å². The minimum Gasteiger partial charge on any atom is -0.399 e. The maximum Gasteiger partial charge on any atom is 0.238 e. The standard InChI is InChI=1S/C13H19ClN4O2/c1-3-18(7-12(19)16-2)8-13(20)17-11-6-9(15)4-5-10(11)14/h4-6H,3,7-8,15H2,1-2H3,(H,16,19)(H,17,20). The van der Waals surface area contributed by atoms with Gasteiger partial charge in [-0.15, -0.1) is 0 Å². The van der Waals surface area contributed by atoms with Crippen LogP contribution < -0.4 is 16.4 Å². The first kappa shape index (κ1) is 16.3.